The number of amides is 1. The highest BCUT2D eigenvalue weighted by Gasteiger charge is 2.37. The summed E-state index contributed by atoms with van der Waals surface area (Å²) >= 11 is 0. The molecular weight excluding hydrogens is 475 g/mol. The quantitative estimate of drug-likeness (QED) is 0.509. The second-order valence-corrected chi connectivity index (χ2v) is 8.17. The molecule has 1 aliphatic rings. The average Bonchev–Trinajstić information content (AvgIpc) is 3.14. The summed E-state index contributed by atoms with van der Waals surface area (Å²) in [6.45, 7) is 0.256. The van der Waals surface area contributed by atoms with E-state index in [-0.39, 0.29) is 23.3 Å². The van der Waals surface area contributed by atoms with Gasteiger partial charge in [0, 0.05) is 23.7 Å². The van der Waals surface area contributed by atoms with Gasteiger partial charge in [-0.1, -0.05) is 11.2 Å². The van der Waals surface area contributed by atoms with Crippen molar-refractivity contribution in [2.24, 2.45) is 0 Å². The summed E-state index contributed by atoms with van der Waals surface area (Å²) in [6.07, 6.45) is -8.11. The number of aliphatic hydroxyl groups is 1. The fourth-order valence-electron chi connectivity index (χ4n) is 3.68. The minimum atomic E-state index is -4.95. The number of halogens is 7. The highest BCUT2D eigenvalue weighted by Crippen LogP contribution is 2.35. The molecule has 6 nitrogen and oxygen atoms in total. The SMILES string of the molecule is C[C@H](NCc1c(C(=O)NC2CCC[C@@H](O)C2)noc1-c1ccc(C(F)(F)F)c(F)c1)C(F)(F)F. The van der Waals surface area contributed by atoms with Crippen LogP contribution in [-0.2, 0) is 12.7 Å². The third-order valence-corrected chi connectivity index (χ3v) is 5.60. The van der Waals surface area contributed by atoms with Gasteiger partial charge >= 0.3 is 12.4 Å². The number of hydrogen-bond acceptors (Lipinski definition) is 5. The van der Waals surface area contributed by atoms with E-state index >= 15 is 0 Å². The maximum Gasteiger partial charge on any atom is 0.419 e. The summed E-state index contributed by atoms with van der Waals surface area (Å²) in [4.78, 5) is 12.8. The van der Waals surface area contributed by atoms with Crippen molar-refractivity contribution in [3.63, 3.8) is 0 Å². The largest absolute Gasteiger partial charge is 0.419 e. The minimum absolute atomic E-state index is 0.177. The van der Waals surface area contributed by atoms with E-state index in [1.165, 1.54) is 0 Å². The monoisotopic (exact) mass is 497 g/mol. The summed E-state index contributed by atoms with van der Waals surface area (Å²) in [5.74, 6) is -2.76. The number of carbonyl (C=O) groups excluding carboxylic acids is 1. The first kappa shape index (κ1) is 25.9. The van der Waals surface area contributed by atoms with E-state index in [0.29, 0.717) is 31.4 Å². The maximum absolute atomic E-state index is 14.1. The molecule has 1 heterocycles. The highest BCUT2D eigenvalue weighted by molar-refractivity contribution is 5.95. The number of nitrogens with one attached hydrogen (secondary N) is 2. The normalized spacial score (nSPS) is 20.3. The van der Waals surface area contributed by atoms with Crippen LogP contribution in [0.1, 0.15) is 54.2 Å². The van der Waals surface area contributed by atoms with Crippen LogP contribution >= 0.6 is 0 Å². The van der Waals surface area contributed by atoms with Gasteiger partial charge in [-0.25, -0.2) is 4.39 Å². The van der Waals surface area contributed by atoms with Crippen LogP contribution in [0.3, 0.4) is 0 Å². The molecule has 0 radical (unpaired) electrons. The van der Waals surface area contributed by atoms with E-state index in [0.717, 1.165) is 13.0 Å². The van der Waals surface area contributed by atoms with E-state index in [9.17, 15) is 40.6 Å². The third kappa shape index (κ3) is 6.06. The Labute approximate surface area is 189 Å². The summed E-state index contributed by atoms with van der Waals surface area (Å²) in [7, 11) is 0. The van der Waals surface area contributed by atoms with Crippen LogP contribution in [0.15, 0.2) is 22.7 Å². The number of benzene rings is 1. The van der Waals surface area contributed by atoms with Crippen molar-refractivity contribution in [3.05, 3.63) is 40.8 Å². The first-order chi connectivity index (χ1) is 15.8. The van der Waals surface area contributed by atoms with Crippen molar-refractivity contribution in [3.8, 4) is 11.3 Å². The molecule has 188 valence electrons. The molecule has 13 heteroatoms. The zero-order valence-electron chi connectivity index (χ0n) is 17.9. The van der Waals surface area contributed by atoms with Crippen LogP contribution in [0, 0.1) is 5.82 Å². The predicted molar refractivity (Wildman–Crippen MR) is 105 cm³/mol. The van der Waals surface area contributed by atoms with Crippen LogP contribution in [0.2, 0.25) is 0 Å². The lowest BCUT2D eigenvalue weighted by Gasteiger charge is -2.26. The molecule has 0 saturated heterocycles. The number of alkyl halides is 6. The number of rotatable bonds is 6. The predicted octanol–water partition coefficient (Wildman–Crippen LogP) is 4.57. The van der Waals surface area contributed by atoms with Crippen LogP contribution in [0.4, 0.5) is 30.7 Å². The summed E-state index contributed by atoms with van der Waals surface area (Å²) in [5, 5.41) is 18.2. The van der Waals surface area contributed by atoms with Gasteiger partial charge in [0.1, 0.15) is 11.9 Å². The average molecular weight is 497 g/mol. The molecule has 1 aromatic carbocycles. The summed E-state index contributed by atoms with van der Waals surface area (Å²) in [5.41, 5.74) is -2.34. The van der Waals surface area contributed by atoms with Gasteiger partial charge in [-0.3, -0.25) is 4.79 Å². The van der Waals surface area contributed by atoms with Crippen molar-refractivity contribution in [2.75, 3.05) is 0 Å². The van der Waals surface area contributed by atoms with E-state index in [1.807, 2.05) is 0 Å². The zero-order chi connectivity index (χ0) is 25.3. The molecule has 1 fully saturated rings. The van der Waals surface area contributed by atoms with Crippen LogP contribution in [0.25, 0.3) is 11.3 Å². The fraction of sp³-hybridized carbons (Fsp3) is 0.524. The maximum atomic E-state index is 14.1. The third-order valence-electron chi connectivity index (χ3n) is 5.60. The van der Waals surface area contributed by atoms with Gasteiger partial charge in [0.05, 0.1) is 11.7 Å². The second-order valence-electron chi connectivity index (χ2n) is 8.17. The number of hydrogen-bond donors (Lipinski definition) is 3. The molecule has 2 aromatic rings. The molecule has 1 aliphatic carbocycles. The van der Waals surface area contributed by atoms with Gasteiger partial charge in [0.25, 0.3) is 5.91 Å². The lowest BCUT2D eigenvalue weighted by Crippen LogP contribution is -2.41. The van der Waals surface area contributed by atoms with Crippen molar-refractivity contribution in [1.82, 2.24) is 15.8 Å². The molecule has 1 amide bonds. The molecule has 0 bridgehead atoms. The Balaban J connectivity index is 1.94. The first-order valence-corrected chi connectivity index (χ1v) is 10.4. The molecule has 0 aliphatic heterocycles. The molecule has 0 spiro atoms. The van der Waals surface area contributed by atoms with Gasteiger partial charge < -0.3 is 20.3 Å². The molecule has 1 aromatic heterocycles. The van der Waals surface area contributed by atoms with Crippen molar-refractivity contribution in [1.29, 1.82) is 0 Å². The fourth-order valence-corrected chi connectivity index (χ4v) is 3.68. The van der Waals surface area contributed by atoms with E-state index < -0.39 is 60.1 Å². The Bertz CT molecular complexity index is 1020. The Kier molecular flexibility index (Phi) is 7.56. The topological polar surface area (TPSA) is 87.4 Å². The highest BCUT2D eigenvalue weighted by atomic mass is 19.4. The molecule has 1 saturated carbocycles. The van der Waals surface area contributed by atoms with Gasteiger partial charge in [0.2, 0.25) is 0 Å². The van der Waals surface area contributed by atoms with Gasteiger partial charge in [-0.2, -0.15) is 26.3 Å². The van der Waals surface area contributed by atoms with Crippen LogP contribution in [0.5, 0.6) is 0 Å². The van der Waals surface area contributed by atoms with E-state index in [1.54, 1.807) is 0 Å². The summed E-state index contributed by atoms with van der Waals surface area (Å²) < 4.78 is 96.7. The summed E-state index contributed by atoms with van der Waals surface area (Å²) in [6, 6.07) is -0.549. The lowest BCUT2D eigenvalue weighted by atomic mass is 9.93. The zero-order valence-corrected chi connectivity index (χ0v) is 17.9. The van der Waals surface area contributed by atoms with Crippen molar-refractivity contribution in [2.45, 2.75) is 69.7 Å². The van der Waals surface area contributed by atoms with Crippen molar-refractivity contribution >= 4 is 5.91 Å². The minimum Gasteiger partial charge on any atom is -0.393 e. The number of aromatic nitrogens is 1. The molecule has 3 atom stereocenters. The Morgan fingerprint density at radius 3 is 2.53 bits per heavy atom. The van der Waals surface area contributed by atoms with Crippen molar-refractivity contribution < 1.29 is 45.2 Å². The molecule has 34 heavy (non-hydrogen) atoms. The Hall–Kier alpha value is -2.67. The molecule has 3 rings (SSSR count). The Morgan fingerprint density at radius 2 is 1.94 bits per heavy atom. The van der Waals surface area contributed by atoms with Gasteiger partial charge in [0.15, 0.2) is 11.5 Å². The standard InChI is InChI=1S/C21H22F7N3O3/c1-10(20(23,24)25)29-9-14-17(19(33)30-12-3-2-4-13(32)8-12)31-34-18(14)11-5-6-15(16(22)7-11)21(26,27)28/h5-7,10,12-13,29,32H,2-4,8-9H2,1H3,(H,30,33)/t10-,12?,13+/m0/s1. The number of carbonyl (C=O) groups is 1. The van der Waals surface area contributed by atoms with E-state index in [2.05, 4.69) is 15.8 Å². The molecular formula is C21H22F7N3O3. The first-order valence-electron chi connectivity index (χ1n) is 10.4. The van der Waals surface area contributed by atoms with Gasteiger partial charge in [-0.15, -0.1) is 0 Å². The number of aliphatic hydroxyl groups excluding tert-OH is 1. The Morgan fingerprint density at radius 1 is 1.24 bits per heavy atom. The van der Waals surface area contributed by atoms with Gasteiger partial charge in [-0.05, 0) is 44.7 Å². The molecule has 1 unspecified atom stereocenters. The number of nitrogens with zero attached hydrogens (tertiary/aromatic N) is 1. The van der Waals surface area contributed by atoms with Crippen LogP contribution in [-0.4, -0.2) is 40.5 Å². The van der Waals surface area contributed by atoms with Crippen LogP contribution < -0.4 is 10.6 Å². The lowest BCUT2D eigenvalue weighted by molar-refractivity contribution is -0.151. The van der Waals surface area contributed by atoms with E-state index in [4.69, 9.17) is 4.52 Å². The molecule has 3 N–H and O–H groups in total. The second kappa shape index (κ2) is 9.90. The smallest absolute Gasteiger partial charge is 0.393 e.